The SMILES string of the molecule is C=Cc1ccc(C[P+](c2ccccc2)(c2ccccc2)c2ccccc2)cc1.[Cl-]. The Hall–Kier alpha value is -2.66. The van der Waals surface area contributed by atoms with Crippen molar-refractivity contribution in [1.82, 2.24) is 0 Å². The molecule has 0 radical (unpaired) electrons. The van der Waals surface area contributed by atoms with Crippen LogP contribution >= 0.6 is 7.26 Å². The zero-order valence-corrected chi connectivity index (χ0v) is 17.9. The van der Waals surface area contributed by atoms with Crippen molar-refractivity contribution >= 4 is 29.3 Å². The molecule has 0 aliphatic rings. The minimum absolute atomic E-state index is 0. The van der Waals surface area contributed by atoms with Crippen molar-refractivity contribution in [1.29, 1.82) is 0 Å². The summed E-state index contributed by atoms with van der Waals surface area (Å²) in [6.45, 7) is 3.88. The third kappa shape index (κ3) is 4.35. The number of rotatable bonds is 6. The second-order valence-corrected chi connectivity index (χ2v) is 10.4. The number of halogens is 1. The second-order valence-electron chi connectivity index (χ2n) is 6.92. The molecular formula is C27H24ClP. The van der Waals surface area contributed by atoms with E-state index in [1.165, 1.54) is 21.5 Å². The maximum absolute atomic E-state index is 3.88. The van der Waals surface area contributed by atoms with E-state index in [1.807, 2.05) is 6.08 Å². The van der Waals surface area contributed by atoms with Crippen LogP contribution in [0, 0.1) is 0 Å². The van der Waals surface area contributed by atoms with E-state index in [1.54, 1.807) is 0 Å². The van der Waals surface area contributed by atoms with Gasteiger partial charge >= 0.3 is 0 Å². The molecule has 0 heterocycles. The van der Waals surface area contributed by atoms with Gasteiger partial charge in [-0.1, -0.05) is 91.5 Å². The minimum atomic E-state index is -1.82. The summed E-state index contributed by atoms with van der Waals surface area (Å²) in [5, 5.41) is 4.25. The normalized spacial score (nSPS) is 10.8. The van der Waals surface area contributed by atoms with Crippen molar-refractivity contribution in [3.63, 3.8) is 0 Å². The van der Waals surface area contributed by atoms with Crippen LogP contribution in [-0.2, 0) is 6.16 Å². The van der Waals surface area contributed by atoms with E-state index in [0.29, 0.717) is 0 Å². The van der Waals surface area contributed by atoms with Gasteiger partial charge in [0.15, 0.2) is 0 Å². The second kappa shape index (κ2) is 9.70. The van der Waals surface area contributed by atoms with Crippen molar-refractivity contribution in [2.75, 3.05) is 0 Å². The highest BCUT2D eigenvalue weighted by atomic mass is 35.5. The highest BCUT2D eigenvalue weighted by Crippen LogP contribution is 2.58. The lowest BCUT2D eigenvalue weighted by molar-refractivity contribution is -0.00000540. The lowest BCUT2D eigenvalue weighted by atomic mass is 10.1. The fourth-order valence-electron chi connectivity index (χ4n) is 3.80. The molecule has 0 aliphatic heterocycles. The monoisotopic (exact) mass is 414 g/mol. The molecular weight excluding hydrogens is 391 g/mol. The summed E-state index contributed by atoms with van der Waals surface area (Å²) >= 11 is 0. The zero-order valence-electron chi connectivity index (χ0n) is 16.3. The van der Waals surface area contributed by atoms with E-state index in [2.05, 4.69) is 122 Å². The summed E-state index contributed by atoms with van der Waals surface area (Å²) in [7, 11) is -1.82. The Labute approximate surface area is 180 Å². The Bertz CT molecular complexity index is 929. The Morgan fingerprint density at radius 3 is 1.28 bits per heavy atom. The molecule has 0 unspecified atom stereocenters. The van der Waals surface area contributed by atoms with Crippen LogP contribution in [0.3, 0.4) is 0 Å². The number of benzene rings is 4. The molecule has 0 atom stereocenters. The van der Waals surface area contributed by atoms with Crippen molar-refractivity contribution in [3.8, 4) is 0 Å². The molecule has 4 rings (SSSR count). The van der Waals surface area contributed by atoms with Crippen LogP contribution in [0.5, 0.6) is 0 Å². The third-order valence-electron chi connectivity index (χ3n) is 5.23. The standard InChI is InChI=1S/C27H24P.ClH/c1-2-23-18-20-24(21-19-23)22-28(25-12-6-3-7-13-25,26-14-8-4-9-15-26)27-16-10-5-11-17-27;/h2-21H,1,22H2;1H/q+1;/p-1. The molecule has 2 heteroatoms. The van der Waals surface area contributed by atoms with Gasteiger partial charge in [-0.25, -0.2) is 0 Å². The lowest BCUT2D eigenvalue weighted by Gasteiger charge is -2.27. The van der Waals surface area contributed by atoms with Crippen LogP contribution in [0.25, 0.3) is 6.08 Å². The van der Waals surface area contributed by atoms with Gasteiger partial charge in [0.25, 0.3) is 0 Å². The Balaban J connectivity index is 0.00000240. The van der Waals surface area contributed by atoms with E-state index >= 15 is 0 Å². The largest absolute Gasteiger partial charge is 1.00 e. The summed E-state index contributed by atoms with van der Waals surface area (Å²) in [5.74, 6) is 0. The molecule has 0 amide bonds. The quantitative estimate of drug-likeness (QED) is 0.426. The van der Waals surface area contributed by atoms with Gasteiger partial charge in [0.05, 0.1) is 6.16 Å². The van der Waals surface area contributed by atoms with Crippen LogP contribution in [0.1, 0.15) is 11.1 Å². The molecule has 0 fully saturated rings. The molecule has 0 spiro atoms. The van der Waals surface area contributed by atoms with E-state index in [-0.39, 0.29) is 12.4 Å². The third-order valence-corrected chi connectivity index (χ3v) is 9.60. The fraction of sp³-hybridized carbons (Fsp3) is 0.0370. The summed E-state index contributed by atoms with van der Waals surface area (Å²) in [5.41, 5.74) is 2.52. The fourth-order valence-corrected chi connectivity index (χ4v) is 8.05. The van der Waals surface area contributed by atoms with E-state index < -0.39 is 7.26 Å². The van der Waals surface area contributed by atoms with Gasteiger partial charge in [-0.2, -0.15) is 0 Å². The van der Waals surface area contributed by atoms with Crippen LogP contribution in [0.2, 0.25) is 0 Å². The Morgan fingerprint density at radius 2 is 0.931 bits per heavy atom. The van der Waals surface area contributed by atoms with Gasteiger partial charge in [-0.15, -0.1) is 0 Å². The molecule has 29 heavy (non-hydrogen) atoms. The van der Waals surface area contributed by atoms with Crippen LogP contribution in [0.15, 0.2) is 122 Å². The number of hydrogen-bond donors (Lipinski definition) is 0. The first kappa shape index (κ1) is 21.1. The van der Waals surface area contributed by atoms with Gasteiger partial charge in [0.1, 0.15) is 23.2 Å². The van der Waals surface area contributed by atoms with Crippen LogP contribution in [0.4, 0.5) is 0 Å². The first-order valence-electron chi connectivity index (χ1n) is 9.59. The van der Waals surface area contributed by atoms with Gasteiger partial charge in [0.2, 0.25) is 0 Å². The van der Waals surface area contributed by atoms with Crippen molar-refractivity contribution in [2.45, 2.75) is 6.16 Å². The topological polar surface area (TPSA) is 0 Å². The van der Waals surface area contributed by atoms with Gasteiger partial charge < -0.3 is 12.4 Å². The molecule has 0 bridgehead atoms. The summed E-state index contributed by atoms with van der Waals surface area (Å²) in [6, 6.07) is 41.9. The van der Waals surface area contributed by atoms with Crippen molar-refractivity contribution in [2.24, 2.45) is 0 Å². The Kier molecular flexibility index (Phi) is 7.04. The number of hydrogen-bond acceptors (Lipinski definition) is 0. The molecule has 144 valence electrons. The molecule has 0 aliphatic carbocycles. The molecule has 4 aromatic rings. The molecule has 0 aromatic heterocycles. The average molecular weight is 415 g/mol. The predicted molar refractivity (Wildman–Crippen MR) is 125 cm³/mol. The first-order valence-corrected chi connectivity index (χ1v) is 11.6. The van der Waals surface area contributed by atoms with Gasteiger partial charge in [-0.3, -0.25) is 0 Å². The van der Waals surface area contributed by atoms with E-state index in [0.717, 1.165) is 11.7 Å². The summed E-state index contributed by atoms with van der Waals surface area (Å²) < 4.78 is 0. The maximum atomic E-state index is 3.88. The van der Waals surface area contributed by atoms with E-state index in [4.69, 9.17) is 0 Å². The molecule has 0 nitrogen and oxygen atoms in total. The predicted octanol–water partition coefficient (Wildman–Crippen LogP) is 2.83. The first-order chi connectivity index (χ1) is 13.8. The molecule has 0 saturated heterocycles. The maximum Gasteiger partial charge on any atom is 0.116 e. The Morgan fingerprint density at radius 1 is 0.552 bits per heavy atom. The highest BCUT2D eigenvalue weighted by molar-refractivity contribution is 7.95. The lowest BCUT2D eigenvalue weighted by Crippen LogP contribution is -3.00. The molecule has 4 aromatic carbocycles. The smallest absolute Gasteiger partial charge is 0.116 e. The van der Waals surface area contributed by atoms with Gasteiger partial charge in [-0.05, 0) is 47.5 Å². The summed E-state index contributed by atoms with van der Waals surface area (Å²) in [6.07, 6.45) is 2.90. The van der Waals surface area contributed by atoms with Crippen LogP contribution < -0.4 is 28.3 Å². The van der Waals surface area contributed by atoms with Crippen molar-refractivity contribution in [3.05, 3.63) is 133 Å². The van der Waals surface area contributed by atoms with Crippen LogP contribution in [-0.4, -0.2) is 0 Å². The van der Waals surface area contributed by atoms with Gasteiger partial charge in [0, 0.05) is 0 Å². The average Bonchev–Trinajstić information content (AvgIpc) is 2.80. The highest BCUT2D eigenvalue weighted by Gasteiger charge is 2.45. The van der Waals surface area contributed by atoms with E-state index in [9.17, 15) is 0 Å². The minimum Gasteiger partial charge on any atom is -1.00 e. The molecule has 0 N–H and O–H groups in total. The molecule has 0 saturated carbocycles. The summed E-state index contributed by atoms with van der Waals surface area (Å²) in [4.78, 5) is 0. The van der Waals surface area contributed by atoms with Crippen molar-refractivity contribution < 1.29 is 12.4 Å². The zero-order chi connectivity index (χ0) is 19.2.